The van der Waals surface area contributed by atoms with Crippen LogP contribution >= 0.6 is 0 Å². The summed E-state index contributed by atoms with van der Waals surface area (Å²) >= 11 is 0. The Morgan fingerprint density at radius 1 is 1.08 bits per heavy atom. The Bertz CT molecular complexity index is 632. The maximum atomic E-state index is 14.1. The van der Waals surface area contributed by atoms with Gasteiger partial charge in [-0.2, -0.15) is 17.6 Å². The standard InChI is InChI=1S/C14H20F4O5S.Na/c1-12(2,3)11(19)23-10-6-7-4-8(10)9(5-7)13(15,16)14(17,18)24(20,21)22;/h7-10H,4-6H2,1-3H3,(H,20,21,22);/q;+1/p-1. The molecule has 0 spiro atoms. The molecule has 11 heteroatoms. The topological polar surface area (TPSA) is 83.5 Å². The summed E-state index contributed by atoms with van der Waals surface area (Å²) in [6.45, 7) is 4.69. The minimum Gasteiger partial charge on any atom is -0.743 e. The van der Waals surface area contributed by atoms with Gasteiger partial charge in [0.2, 0.25) is 0 Å². The maximum absolute atomic E-state index is 14.1. The molecule has 0 aromatic rings. The van der Waals surface area contributed by atoms with E-state index in [-0.39, 0.29) is 54.7 Å². The number of alkyl halides is 4. The second kappa shape index (κ2) is 6.92. The van der Waals surface area contributed by atoms with Gasteiger partial charge in [0.25, 0.3) is 0 Å². The first kappa shape index (κ1) is 23.1. The number of hydrogen-bond acceptors (Lipinski definition) is 5. The largest absolute Gasteiger partial charge is 1.00 e. The van der Waals surface area contributed by atoms with Crippen LogP contribution in [0, 0.1) is 23.2 Å². The van der Waals surface area contributed by atoms with Crippen molar-refractivity contribution >= 4 is 16.1 Å². The number of hydrogen-bond donors (Lipinski definition) is 0. The van der Waals surface area contributed by atoms with E-state index in [1.165, 1.54) is 0 Å². The molecule has 5 nitrogen and oxygen atoms in total. The van der Waals surface area contributed by atoms with Crippen molar-refractivity contribution in [1.82, 2.24) is 0 Å². The van der Waals surface area contributed by atoms with Crippen molar-refractivity contribution in [3.05, 3.63) is 0 Å². The van der Waals surface area contributed by atoms with Gasteiger partial charge in [-0.3, -0.25) is 4.79 Å². The van der Waals surface area contributed by atoms with Crippen LogP contribution in [-0.2, 0) is 19.6 Å². The summed E-state index contributed by atoms with van der Waals surface area (Å²) in [6.07, 6.45) is -0.894. The summed E-state index contributed by atoms with van der Waals surface area (Å²) in [4.78, 5) is 11.9. The predicted molar refractivity (Wildman–Crippen MR) is 73.2 cm³/mol. The Labute approximate surface area is 165 Å². The van der Waals surface area contributed by atoms with E-state index in [1.54, 1.807) is 20.8 Å². The minimum atomic E-state index is -6.52. The third-order valence-electron chi connectivity index (χ3n) is 4.79. The molecule has 0 amide bonds. The van der Waals surface area contributed by atoms with Crippen LogP contribution in [-0.4, -0.2) is 36.2 Å². The normalized spacial score (nSPS) is 30.1. The van der Waals surface area contributed by atoms with Crippen molar-refractivity contribution in [3.8, 4) is 0 Å². The molecule has 0 radical (unpaired) electrons. The van der Waals surface area contributed by atoms with Gasteiger partial charge in [0.15, 0.2) is 10.1 Å². The summed E-state index contributed by atoms with van der Waals surface area (Å²) in [5.41, 5.74) is -0.887. The summed E-state index contributed by atoms with van der Waals surface area (Å²) in [6, 6.07) is 0. The summed E-state index contributed by atoms with van der Waals surface area (Å²) in [7, 11) is -6.52. The summed E-state index contributed by atoms with van der Waals surface area (Å²) in [5.74, 6) is -9.14. The zero-order valence-corrected chi connectivity index (χ0v) is 17.2. The first-order valence-electron chi connectivity index (χ1n) is 7.51. The number of rotatable bonds is 4. The van der Waals surface area contributed by atoms with E-state index < -0.39 is 50.6 Å². The Balaban J connectivity index is 0.00000312. The maximum Gasteiger partial charge on any atom is 1.00 e. The van der Waals surface area contributed by atoms with Crippen LogP contribution in [0.1, 0.15) is 40.0 Å². The van der Waals surface area contributed by atoms with E-state index >= 15 is 0 Å². The Hall–Kier alpha value is 0.1000. The second-order valence-electron chi connectivity index (χ2n) is 7.63. The molecule has 0 aliphatic heterocycles. The Morgan fingerprint density at radius 2 is 1.60 bits per heavy atom. The van der Waals surface area contributed by atoms with Crippen LogP contribution in [0.25, 0.3) is 0 Å². The van der Waals surface area contributed by atoms with E-state index in [1.807, 2.05) is 0 Å². The molecule has 25 heavy (non-hydrogen) atoms. The molecule has 2 fully saturated rings. The van der Waals surface area contributed by atoms with Gasteiger partial charge in [0.05, 0.1) is 5.41 Å². The third kappa shape index (κ3) is 4.02. The second-order valence-corrected chi connectivity index (χ2v) is 9.05. The van der Waals surface area contributed by atoms with Gasteiger partial charge in [-0.1, -0.05) is 0 Å². The van der Waals surface area contributed by atoms with Gasteiger partial charge < -0.3 is 9.29 Å². The molecule has 0 aromatic carbocycles. The van der Waals surface area contributed by atoms with Crippen LogP contribution in [0.4, 0.5) is 17.6 Å². The fourth-order valence-corrected chi connectivity index (χ4v) is 4.02. The number of ether oxygens (including phenoxy) is 1. The molecule has 2 aliphatic rings. The molecule has 2 rings (SSSR count). The van der Waals surface area contributed by atoms with Crippen LogP contribution in [0.15, 0.2) is 0 Å². The fourth-order valence-electron chi connectivity index (χ4n) is 3.54. The first-order valence-corrected chi connectivity index (χ1v) is 8.92. The molecule has 0 saturated heterocycles. The number of halogens is 4. The van der Waals surface area contributed by atoms with Crippen molar-refractivity contribution < 1.29 is 69.6 Å². The molecule has 4 atom stereocenters. The van der Waals surface area contributed by atoms with E-state index in [0.29, 0.717) is 0 Å². The number of esters is 1. The smallest absolute Gasteiger partial charge is 0.743 e. The average Bonchev–Trinajstić information content (AvgIpc) is 2.95. The quantitative estimate of drug-likeness (QED) is 0.283. The van der Waals surface area contributed by atoms with Crippen LogP contribution in [0.5, 0.6) is 0 Å². The van der Waals surface area contributed by atoms with Crippen molar-refractivity contribution in [3.63, 3.8) is 0 Å². The third-order valence-corrected chi connectivity index (χ3v) is 5.69. The first-order chi connectivity index (χ1) is 10.6. The molecule has 2 aliphatic carbocycles. The summed E-state index contributed by atoms with van der Waals surface area (Å²) < 4.78 is 92.2. The van der Waals surface area contributed by atoms with Crippen molar-refractivity contribution in [2.45, 2.75) is 57.3 Å². The molecule has 0 aromatic heterocycles. The van der Waals surface area contributed by atoms with Gasteiger partial charge in [-0.15, -0.1) is 0 Å². The Kier molecular flexibility index (Phi) is 6.41. The molecule has 2 saturated carbocycles. The minimum absolute atomic E-state index is 0. The van der Waals surface area contributed by atoms with Gasteiger partial charge >= 0.3 is 46.7 Å². The molecule has 2 bridgehead atoms. The molecule has 140 valence electrons. The molecule has 0 heterocycles. The SMILES string of the molecule is CC(C)(C)C(=O)OC1CC2CC1C(C(F)(F)C(F)(F)S(=O)(=O)[O-])C2.[Na+]. The van der Waals surface area contributed by atoms with Crippen LogP contribution < -0.4 is 29.6 Å². The summed E-state index contributed by atoms with van der Waals surface area (Å²) in [5, 5.41) is -5.70. The fraction of sp³-hybridized carbons (Fsp3) is 0.929. The molecule has 0 N–H and O–H groups in total. The molecule has 4 unspecified atom stereocenters. The van der Waals surface area contributed by atoms with E-state index in [2.05, 4.69) is 0 Å². The van der Waals surface area contributed by atoms with E-state index in [4.69, 9.17) is 4.74 Å². The zero-order chi connectivity index (χ0) is 18.7. The number of fused-ring (bicyclic) bond motifs is 2. The van der Waals surface area contributed by atoms with Gasteiger partial charge in [-0.25, -0.2) is 8.42 Å². The average molecular weight is 398 g/mol. The van der Waals surface area contributed by atoms with Crippen molar-refractivity contribution in [1.29, 1.82) is 0 Å². The van der Waals surface area contributed by atoms with Crippen LogP contribution in [0.2, 0.25) is 0 Å². The predicted octanol–water partition coefficient (Wildman–Crippen LogP) is -0.232. The number of carbonyl (C=O) groups excluding carboxylic acids is 1. The number of carbonyl (C=O) groups is 1. The van der Waals surface area contributed by atoms with Gasteiger partial charge in [-0.05, 0) is 46.0 Å². The van der Waals surface area contributed by atoms with Crippen molar-refractivity contribution in [2.24, 2.45) is 23.2 Å². The van der Waals surface area contributed by atoms with Gasteiger partial charge in [0.1, 0.15) is 6.10 Å². The van der Waals surface area contributed by atoms with Crippen LogP contribution in [0.3, 0.4) is 0 Å². The van der Waals surface area contributed by atoms with E-state index in [9.17, 15) is 35.3 Å². The zero-order valence-electron chi connectivity index (χ0n) is 14.4. The van der Waals surface area contributed by atoms with Crippen molar-refractivity contribution in [2.75, 3.05) is 0 Å². The monoisotopic (exact) mass is 398 g/mol. The van der Waals surface area contributed by atoms with Gasteiger partial charge in [0, 0.05) is 11.8 Å². The molecular weight excluding hydrogens is 379 g/mol. The molecular formula is C14H19F4NaO5S. The Morgan fingerprint density at radius 3 is 2.00 bits per heavy atom. The van der Waals surface area contributed by atoms with E-state index in [0.717, 1.165) is 0 Å².